The lowest BCUT2D eigenvalue weighted by Gasteiger charge is -2.38. The lowest BCUT2D eigenvalue weighted by Crippen LogP contribution is -2.47. The van der Waals surface area contributed by atoms with Crippen LogP contribution in [0.15, 0.2) is 53.9 Å². The van der Waals surface area contributed by atoms with Gasteiger partial charge in [-0.25, -0.2) is 9.78 Å². The summed E-state index contributed by atoms with van der Waals surface area (Å²) in [4.78, 5) is 33.7. The van der Waals surface area contributed by atoms with E-state index in [-0.39, 0.29) is 17.2 Å². The highest BCUT2D eigenvalue weighted by molar-refractivity contribution is 8.00. The third-order valence-corrected chi connectivity index (χ3v) is 6.91. The third-order valence-electron chi connectivity index (χ3n) is 5.66. The van der Waals surface area contributed by atoms with Gasteiger partial charge >= 0.3 is 5.97 Å². The standard InChI is InChI=1S/C23H25N5O3S/c1-15-10-11-24-21(20(15)23(30)31-3)32-17-9-8-16(2)27(14-17)22(29)18-6-4-5-7-19(18)28-25-12-13-26-28/h4-7,10-13,16-17H,8-9,14H2,1-3H3. The summed E-state index contributed by atoms with van der Waals surface area (Å²) in [6.45, 7) is 4.50. The molecule has 8 nitrogen and oxygen atoms in total. The molecule has 2 aromatic heterocycles. The number of benzene rings is 1. The molecule has 1 aliphatic heterocycles. The van der Waals surface area contributed by atoms with Gasteiger partial charge in [0, 0.05) is 24.0 Å². The molecule has 2 atom stereocenters. The number of aromatic nitrogens is 4. The molecule has 9 heteroatoms. The normalized spacial score (nSPS) is 18.4. The van der Waals surface area contributed by atoms with Crippen molar-refractivity contribution in [2.75, 3.05) is 13.7 Å². The van der Waals surface area contributed by atoms with Crippen molar-refractivity contribution in [3.63, 3.8) is 0 Å². The molecule has 3 aromatic rings. The van der Waals surface area contributed by atoms with E-state index in [0.29, 0.717) is 28.4 Å². The highest BCUT2D eigenvalue weighted by Crippen LogP contribution is 2.34. The molecule has 0 N–H and O–H groups in total. The monoisotopic (exact) mass is 451 g/mol. The summed E-state index contributed by atoms with van der Waals surface area (Å²) < 4.78 is 4.96. The van der Waals surface area contributed by atoms with E-state index < -0.39 is 5.97 Å². The van der Waals surface area contributed by atoms with Gasteiger partial charge in [0.15, 0.2) is 0 Å². The number of thioether (sulfide) groups is 1. The van der Waals surface area contributed by atoms with Gasteiger partial charge < -0.3 is 9.64 Å². The van der Waals surface area contributed by atoms with Gasteiger partial charge in [-0.3, -0.25) is 4.79 Å². The summed E-state index contributed by atoms with van der Waals surface area (Å²) >= 11 is 1.53. The number of pyridine rings is 1. The highest BCUT2D eigenvalue weighted by atomic mass is 32.2. The first-order chi connectivity index (χ1) is 15.5. The number of amides is 1. The molecule has 166 valence electrons. The zero-order valence-corrected chi connectivity index (χ0v) is 19.1. The van der Waals surface area contributed by atoms with Gasteiger partial charge in [-0.1, -0.05) is 12.1 Å². The summed E-state index contributed by atoms with van der Waals surface area (Å²) in [5.74, 6) is -0.447. The van der Waals surface area contributed by atoms with Crippen LogP contribution in [0.25, 0.3) is 5.69 Å². The van der Waals surface area contributed by atoms with E-state index in [1.807, 2.05) is 36.1 Å². The van der Waals surface area contributed by atoms with Gasteiger partial charge in [0.1, 0.15) is 5.03 Å². The topological polar surface area (TPSA) is 90.2 Å². The number of aryl methyl sites for hydroxylation is 1. The molecule has 0 radical (unpaired) electrons. The van der Waals surface area contributed by atoms with Crippen LogP contribution in [0.1, 0.15) is 46.0 Å². The number of hydrogen-bond donors (Lipinski definition) is 0. The minimum Gasteiger partial charge on any atom is -0.465 e. The Bertz CT molecular complexity index is 1120. The molecule has 1 aliphatic rings. The van der Waals surface area contributed by atoms with E-state index >= 15 is 0 Å². The number of hydrogen-bond acceptors (Lipinski definition) is 7. The quantitative estimate of drug-likeness (QED) is 0.548. The van der Waals surface area contributed by atoms with Gasteiger partial charge in [-0.05, 0) is 50.5 Å². The zero-order valence-electron chi connectivity index (χ0n) is 18.3. The van der Waals surface area contributed by atoms with Crippen molar-refractivity contribution in [3.05, 3.63) is 65.6 Å². The van der Waals surface area contributed by atoms with Crippen molar-refractivity contribution in [1.82, 2.24) is 24.9 Å². The number of likely N-dealkylation sites (tertiary alicyclic amines) is 1. The van der Waals surface area contributed by atoms with Crippen molar-refractivity contribution in [2.24, 2.45) is 0 Å². The molecule has 1 saturated heterocycles. The Morgan fingerprint density at radius 2 is 1.84 bits per heavy atom. The Hall–Kier alpha value is -3.20. The average molecular weight is 452 g/mol. The predicted molar refractivity (Wildman–Crippen MR) is 121 cm³/mol. The summed E-state index contributed by atoms with van der Waals surface area (Å²) in [5.41, 5.74) is 2.53. The average Bonchev–Trinajstić information content (AvgIpc) is 3.34. The van der Waals surface area contributed by atoms with E-state index in [1.54, 1.807) is 24.7 Å². The Morgan fingerprint density at radius 3 is 2.59 bits per heavy atom. The minimum absolute atomic E-state index is 0.0545. The SMILES string of the molecule is COC(=O)c1c(C)ccnc1SC1CCC(C)N(C(=O)c2ccccc2-n2nccn2)C1. The summed E-state index contributed by atoms with van der Waals surface area (Å²) in [6, 6.07) is 9.26. The van der Waals surface area contributed by atoms with Gasteiger partial charge in [0.2, 0.25) is 0 Å². The Morgan fingerprint density at radius 1 is 1.09 bits per heavy atom. The first-order valence-electron chi connectivity index (χ1n) is 10.5. The molecule has 1 amide bonds. The lowest BCUT2D eigenvalue weighted by molar-refractivity contribution is 0.0592. The number of methoxy groups -OCH3 is 1. The van der Waals surface area contributed by atoms with Crippen LogP contribution in [0, 0.1) is 6.92 Å². The molecule has 0 bridgehead atoms. The van der Waals surface area contributed by atoms with E-state index in [4.69, 9.17) is 4.74 Å². The molecule has 1 fully saturated rings. The number of carbonyl (C=O) groups excluding carboxylic acids is 2. The van der Waals surface area contributed by atoms with Crippen molar-refractivity contribution in [1.29, 1.82) is 0 Å². The highest BCUT2D eigenvalue weighted by Gasteiger charge is 2.32. The second kappa shape index (κ2) is 9.52. The largest absolute Gasteiger partial charge is 0.465 e. The van der Waals surface area contributed by atoms with Crippen molar-refractivity contribution < 1.29 is 14.3 Å². The van der Waals surface area contributed by atoms with Gasteiger partial charge in [-0.2, -0.15) is 15.0 Å². The van der Waals surface area contributed by atoms with E-state index in [2.05, 4.69) is 22.1 Å². The maximum absolute atomic E-state index is 13.6. The fourth-order valence-corrected chi connectivity index (χ4v) is 5.20. The maximum Gasteiger partial charge on any atom is 0.340 e. The number of carbonyl (C=O) groups is 2. The number of esters is 1. The number of piperidine rings is 1. The van der Waals surface area contributed by atoms with Crippen LogP contribution >= 0.6 is 11.8 Å². The molecule has 4 rings (SSSR count). The van der Waals surface area contributed by atoms with Gasteiger partial charge in [0.25, 0.3) is 5.91 Å². The van der Waals surface area contributed by atoms with Crippen LogP contribution < -0.4 is 0 Å². The van der Waals surface area contributed by atoms with E-state index in [0.717, 1.165) is 18.4 Å². The lowest BCUT2D eigenvalue weighted by atomic mass is 10.0. The molecular weight excluding hydrogens is 426 g/mol. The number of para-hydroxylation sites is 1. The molecule has 0 aliphatic carbocycles. The van der Waals surface area contributed by atoms with E-state index in [9.17, 15) is 9.59 Å². The molecule has 0 spiro atoms. The fourth-order valence-electron chi connectivity index (χ4n) is 3.91. The Labute approximate surface area is 191 Å². The van der Waals surface area contributed by atoms with Crippen LogP contribution in [0.5, 0.6) is 0 Å². The summed E-state index contributed by atoms with van der Waals surface area (Å²) in [5, 5.41) is 9.13. The second-order valence-electron chi connectivity index (χ2n) is 7.76. The fraction of sp³-hybridized carbons (Fsp3) is 0.348. The second-order valence-corrected chi connectivity index (χ2v) is 9.05. The van der Waals surface area contributed by atoms with Crippen molar-refractivity contribution >= 4 is 23.6 Å². The van der Waals surface area contributed by atoms with Crippen molar-refractivity contribution in [3.8, 4) is 5.69 Å². The van der Waals surface area contributed by atoms with Crippen LogP contribution in [0.3, 0.4) is 0 Å². The van der Waals surface area contributed by atoms with Gasteiger partial charge in [-0.15, -0.1) is 11.8 Å². The van der Waals surface area contributed by atoms with Crippen LogP contribution in [0.2, 0.25) is 0 Å². The van der Waals surface area contributed by atoms with E-state index in [1.165, 1.54) is 23.7 Å². The number of nitrogens with zero attached hydrogens (tertiary/aromatic N) is 5. The molecule has 3 heterocycles. The van der Waals surface area contributed by atoms with Crippen LogP contribution in [-0.2, 0) is 4.74 Å². The summed E-state index contributed by atoms with van der Waals surface area (Å²) in [7, 11) is 1.37. The molecule has 32 heavy (non-hydrogen) atoms. The van der Waals surface area contributed by atoms with Crippen LogP contribution in [0.4, 0.5) is 0 Å². The first-order valence-corrected chi connectivity index (χ1v) is 11.3. The van der Waals surface area contributed by atoms with Gasteiger partial charge in [0.05, 0.1) is 36.3 Å². The smallest absolute Gasteiger partial charge is 0.340 e. The maximum atomic E-state index is 13.6. The molecule has 0 saturated carbocycles. The summed E-state index contributed by atoms with van der Waals surface area (Å²) in [6.07, 6.45) is 6.67. The first kappa shape index (κ1) is 22.0. The number of rotatable bonds is 5. The third kappa shape index (κ3) is 4.38. The zero-order chi connectivity index (χ0) is 22.7. The minimum atomic E-state index is -0.393. The Kier molecular flexibility index (Phi) is 6.55. The van der Waals surface area contributed by atoms with Crippen LogP contribution in [-0.4, -0.2) is 61.7 Å². The van der Waals surface area contributed by atoms with Crippen molar-refractivity contribution in [2.45, 2.75) is 43.0 Å². The molecular formula is C23H25N5O3S. The molecule has 2 unspecified atom stereocenters. The Balaban J connectivity index is 1.58. The predicted octanol–water partition coefficient (Wildman–Crippen LogP) is 3.54. The number of ether oxygens (including phenoxy) is 1. The molecule has 1 aromatic carbocycles.